The summed E-state index contributed by atoms with van der Waals surface area (Å²) in [6.45, 7) is 3.51. The fourth-order valence-electron chi connectivity index (χ4n) is 4.54. The van der Waals surface area contributed by atoms with Crippen LogP contribution in [0, 0.1) is 5.41 Å². The van der Waals surface area contributed by atoms with Crippen LogP contribution in [-0.4, -0.2) is 68.2 Å². The summed E-state index contributed by atoms with van der Waals surface area (Å²) in [5.41, 5.74) is 2.00. The average molecular weight is 396 g/mol. The summed E-state index contributed by atoms with van der Waals surface area (Å²) < 4.78 is 5.25. The number of carbonyl (C=O) groups is 1. The molecule has 0 radical (unpaired) electrons. The average Bonchev–Trinajstić information content (AvgIpc) is 3.16. The molecule has 1 aromatic heterocycles. The zero-order valence-electron chi connectivity index (χ0n) is 17.5. The standard InChI is InChI=1S/C22H29N5O2/c1-25(2)18-7-5-17(6-8-18)21(28)27-12-10-22(15-27)9-4-11-26(14-22)19-13-20(29-3)24-16-23-19/h5-8,13,16H,4,9-12,14-15H2,1-3H3/t22-/m0/s1. The van der Waals surface area contributed by atoms with Gasteiger partial charge in [0.05, 0.1) is 7.11 Å². The molecule has 29 heavy (non-hydrogen) atoms. The Hall–Kier alpha value is -2.83. The number of methoxy groups -OCH3 is 1. The Balaban J connectivity index is 1.45. The maximum Gasteiger partial charge on any atom is 0.253 e. The van der Waals surface area contributed by atoms with E-state index in [2.05, 4.69) is 14.9 Å². The molecule has 0 aliphatic carbocycles. The molecule has 154 valence electrons. The quantitative estimate of drug-likeness (QED) is 0.793. The molecule has 2 saturated heterocycles. The third kappa shape index (κ3) is 3.99. The monoisotopic (exact) mass is 395 g/mol. The fourth-order valence-corrected chi connectivity index (χ4v) is 4.54. The highest BCUT2D eigenvalue weighted by atomic mass is 16.5. The van der Waals surface area contributed by atoms with E-state index in [1.807, 2.05) is 54.2 Å². The van der Waals surface area contributed by atoms with Gasteiger partial charge in [-0.15, -0.1) is 0 Å². The molecule has 0 unspecified atom stereocenters. The van der Waals surface area contributed by atoms with Crippen molar-refractivity contribution in [2.45, 2.75) is 19.3 Å². The van der Waals surface area contributed by atoms with Gasteiger partial charge in [0.2, 0.25) is 5.88 Å². The van der Waals surface area contributed by atoms with E-state index in [0.717, 1.165) is 62.5 Å². The van der Waals surface area contributed by atoms with E-state index in [0.29, 0.717) is 5.88 Å². The second-order valence-electron chi connectivity index (χ2n) is 8.36. The summed E-state index contributed by atoms with van der Waals surface area (Å²) in [5.74, 6) is 1.62. The van der Waals surface area contributed by atoms with Crippen molar-refractivity contribution in [3.05, 3.63) is 42.2 Å². The first kappa shape index (κ1) is 19.5. The van der Waals surface area contributed by atoms with E-state index in [9.17, 15) is 4.79 Å². The van der Waals surface area contributed by atoms with E-state index >= 15 is 0 Å². The van der Waals surface area contributed by atoms with Gasteiger partial charge in [-0.1, -0.05) is 0 Å². The molecule has 1 aromatic carbocycles. The molecule has 1 amide bonds. The van der Waals surface area contributed by atoms with Crippen molar-refractivity contribution in [1.29, 1.82) is 0 Å². The van der Waals surface area contributed by atoms with E-state index in [1.165, 1.54) is 0 Å². The highest BCUT2D eigenvalue weighted by Gasteiger charge is 2.43. The van der Waals surface area contributed by atoms with Crippen molar-refractivity contribution in [2.24, 2.45) is 5.41 Å². The van der Waals surface area contributed by atoms with E-state index in [-0.39, 0.29) is 11.3 Å². The van der Waals surface area contributed by atoms with E-state index < -0.39 is 0 Å². The van der Waals surface area contributed by atoms with Crippen molar-refractivity contribution in [3.63, 3.8) is 0 Å². The zero-order valence-corrected chi connectivity index (χ0v) is 17.5. The number of anilines is 2. The minimum absolute atomic E-state index is 0.132. The maximum absolute atomic E-state index is 13.1. The first-order valence-corrected chi connectivity index (χ1v) is 10.2. The number of piperidine rings is 1. The molecular weight excluding hydrogens is 366 g/mol. The second-order valence-corrected chi connectivity index (χ2v) is 8.36. The van der Waals surface area contributed by atoms with Crippen LogP contribution in [0.1, 0.15) is 29.6 Å². The Morgan fingerprint density at radius 3 is 2.62 bits per heavy atom. The molecule has 7 heteroatoms. The summed E-state index contributed by atoms with van der Waals surface area (Å²) in [5, 5.41) is 0. The fraction of sp³-hybridized carbons (Fsp3) is 0.500. The largest absolute Gasteiger partial charge is 0.481 e. The van der Waals surface area contributed by atoms with Gasteiger partial charge in [-0.05, 0) is 43.5 Å². The lowest BCUT2D eigenvalue weighted by Crippen LogP contribution is -2.45. The van der Waals surface area contributed by atoms with Crippen LogP contribution in [0.3, 0.4) is 0 Å². The molecule has 0 saturated carbocycles. The summed E-state index contributed by atoms with van der Waals surface area (Å²) in [4.78, 5) is 28.0. The molecule has 4 rings (SSSR count). The van der Waals surface area contributed by atoms with E-state index in [1.54, 1.807) is 13.4 Å². The van der Waals surface area contributed by atoms with Crippen molar-refractivity contribution in [1.82, 2.24) is 14.9 Å². The third-order valence-corrected chi connectivity index (χ3v) is 6.18. The lowest BCUT2D eigenvalue weighted by Gasteiger charge is -2.41. The summed E-state index contributed by atoms with van der Waals surface area (Å²) in [6.07, 6.45) is 4.84. The predicted molar refractivity (Wildman–Crippen MR) is 114 cm³/mol. The molecule has 1 atom stereocenters. The number of hydrogen-bond donors (Lipinski definition) is 0. The Morgan fingerprint density at radius 2 is 1.90 bits per heavy atom. The van der Waals surface area contributed by atoms with Crippen LogP contribution in [0.2, 0.25) is 0 Å². The van der Waals surface area contributed by atoms with Crippen LogP contribution in [0.5, 0.6) is 5.88 Å². The number of hydrogen-bond acceptors (Lipinski definition) is 6. The van der Waals surface area contributed by atoms with Crippen molar-refractivity contribution in [2.75, 3.05) is 57.2 Å². The summed E-state index contributed by atoms with van der Waals surface area (Å²) >= 11 is 0. The zero-order chi connectivity index (χ0) is 20.4. The third-order valence-electron chi connectivity index (χ3n) is 6.18. The second kappa shape index (κ2) is 7.89. The molecule has 2 fully saturated rings. The summed E-state index contributed by atoms with van der Waals surface area (Å²) in [6, 6.07) is 9.77. The Morgan fingerprint density at radius 1 is 1.10 bits per heavy atom. The highest BCUT2D eigenvalue weighted by molar-refractivity contribution is 5.94. The topological polar surface area (TPSA) is 61.8 Å². The van der Waals surface area contributed by atoms with Gasteiger partial charge in [-0.25, -0.2) is 9.97 Å². The first-order chi connectivity index (χ1) is 14.0. The molecule has 0 bridgehead atoms. The maximum atomic E-state index is 13.1. The van der Waals surface area contributed by atoms with Crippen LogP contribution in [0.15, 0.2) is 36.7 Å². The number of likely N-dealkylation sites (tertiary alicyclic amines) is 1. The van der Waals surface area contributed by atoms with Crippen LogP contribution < -0.4 is 14.5 Å². The van der Waals surface area contributed by atoms with Crippen LogP contribution in [-0.2, 0) is 0 Å². The van der Waals surface area contributed by atoms with Crippen molar-refractivity contribution in [3.8, 4) is 5.88 Å². The molecule has 2 aliphatic heterocycles. The number of carbonyl (C=O) groups excluding carboxylic acids is 1. The SMILES string of the molecule is COc1cc(N2CCC[C@]3(CCN(C(=O)c4ccc(N(C)C)cc4)C3)C2)ncn1. The molecule has 3 heterocycles. The number of ether oxygens (including phenoxy) is 1. The number of rotatable bonds is 4. The van der Waals surface area contributed by atoms with Crippen molar-refractivity contribution < 1.29 is 9.53 Å². The lowest BCUT2D eigenvalue weighted by atomic mass is 9.79. The van der Waals surface area contributed by atoms with E-state index in [4.69, 9.17) is 4.74 Å². The molecular formula is C22H29N5O2. The molecule has 0 N–H and O–H groups in total. The van der Waals surface area contributed by atoms with Crippen LogP contribution >= 0.6 is 0 Å². The van der Waals surface area contributed by atoms with Crippen LogP contribution in [0.25, 0.3) is 0 Å². The number of nitrogens with zero attached hydrogens (tertiary/aromatic N) is 5. The predicted octanol–water partition coefficient (Wildman–Crippen LogP) is 2.68. The van der Waals surface area contributed by atoms with Gasteiger partial charge in [0.15, 0.2) is 0 Å². The van der Waals surface area contributed by atoms with Gasteiger partial charge in [-0.2, -0.15) is 0 Å². The number of aromatic nitrogens is 2. The van der Waals surface area contributed by atoms with Gasteiger partial charge in [0.25, 0.3) is 5.91 Å². The van der Waals surface area contributed by atoms with Gasteiger partial charge < -0.3 is 19.4 Å². The Labute approximate surface area is 172 Å². The molecule has 1 spiro atoms. The van der Waals surface area contributed by atoms with Gasteiger partial charge >= 0.3 is 0 Å². The van der Waals surface area contributed by atoms with Gasteiger partial charge in [0, 0.05) is 63.0 Å². The number of amides is 1. The Bertz CT molecular complexity index is 870. The van der Waals surface area contributed by atoms with Crippen LogP contribution in [0.4, 0.5) is 11.5 Å². The molecule has 7 nitrogen and oxygen atoms in total. The minimum Gasteiger partial charge on any atom is -0.481 e. The van der Waals surface area contributed by atoms with Crippen molar-refractivity contribution >= 4 is 17.4 Å². The minimum atomic E-state index is 0.132. The molecule has 2 aromatic rings. The summed E-state index contributed by atoms with van der Waals surface area (Å²) in [7, 11) is 5.63. The first-order valence-electron chi connectivity index (χ1n) is 10.2. The normalized spacial score (nSPS) is 21.5. The number of benzene rings is 1. The smallest absolute Gasteiger partial charge is 0.253 e. The lowest BCUT2D eigenvalue weighted by molar-refractivity contribution is 0.0767. The Kier molecular flexibility index (Phi) is 5.30. The van der Waals surface area contributed by atoms with Gasteiger partial charge in [0.1, 0.15) is 12.1 Å². The van der Waals surface area contributed by atoms with Gasteiger partial charge in [-0.3, -0.25) is 4.79 Å². The molecule has 2 aliphatic rings. The highest BCUT2D eigenvalue weighted by Crippen LogP contribution is 2.40.